The molecule has 1 aromatic rings. The summed E-state index contributed by atoms with van der Waals surface area (Å²) in [5.74, 6) is -0.213. The average Bonchev–Trinajstić information content (AvgIpc) is 2.96. The third-order valence-corrected chi connectivity index (χ3v) is 4.36. The Kier molecular flexibility index (Phi) is 4.70. The summed E-state index contributed by atoms with van der Waals surface area (Å²) in [7, 11) is 0. The summed E-state index contributed by atoms with van der Waals surface area (Å²) in [6.45, 7) is -0.155. The van der Waals surface area contributed by atoms with E-state index in [1.807, 2.05) is 0 Å². The Hall–Kier alpha value is -2.55. The van der Waals surface area contributed by atoms with Crippen molar-refractivity contribution in [2.45, 2.75) is 0 Å². The fourth-order valence-corrected chi connectivity index (χ4v) is 3.08. The molecule has 2 aliphatic rings. The first-order chi connectivity index (χ1) is 11.5. The number of thioether (sulfide) groups is 1. The maximum Gasteiger partial charge on any atom is 0.326 e. The van der Waals surface area contributed by atoms with Crippen molar-refractivity contribution in [1.82, 2.24) is 4.90 Å². The van der Waals surface area contributed by atoms with Gasteiger partial charge in [-0.05, 0) is 18.2 Å². The first kappa shape index (κ1) is 16.3. The number of carbonyl (C=O) groups excluding carboxylic acids is 4. The fraction of sp³-hybridized carbons (Fsp3) is 0.333. The van der Waals surface area contributed by atoms with Crippen molar-refractivity contribution in [3.8, 4) is 5.75 Å². The van der Waals surface area contributed by atoms with Crippen LogP contribution < -0.4 is 10.1 Å². The van der Waals surface area contributed by atoms with Gasteiger partial charge in [0.1, 0.15) is 12.3 Å². The van der Waals surface area contributed by atoms with Crippen LogP contribution in [0.3, 0.4) is 0 Å². The number of fused-ring (bicyclic) bond motifs is 1. The minimum Gasteiger partial charge on any atom is -0.482 e. The molecule has 2 aliphatic heterocycles. The molecule has 2 heterocycles. The Bertz CT molecular complexity index is 720. The Balaban J connectivity index is 1.55. The maximum absolute atomic E-state index is 12.1. The van der Waals surface area contributed by atoms with Crippen molar-refractivity contribution in [3.63, 3.8) is 0 Å². The highest BCUT2D eigenvalue weighted by atomic mass is 32.2. The monoisotopic (exact) mass is 350 g/mol. The molecule has 0 bridgehead atoms. The minimum atomic E-state index is -0.631. The molecule has 1 aromatic carbocycles. The number of benzene rings is 1. The number of anilines is 1. The summed E-state index contributed by atoms with van der Waals surface area (Å²) in [4.78, 5) is 47.9. The molecule has 0 aliphatic carbocycles. The van der Waals surface area contributed by atoms with Crippen molar-refractivity contribution >= 4 is 40.3 Å². The fourth-order valence-electron chi connectivity index (χ4n) is 2.26. The van der Waals surface area contributed by atoms with Crippen LogP contribution in [0.1, 0.15) is 10.4 Å². The molecule has 2 amide bonds. The van der Waals surface area contributed by atoms with Crippen LogP contribution in [0.5, 0.6) is 5.75 Å². The van der Waals surface area contributed by atoms with Crippen molar-refractivity contribution in [2.75, 3.05) is 37.4 Å². The molecule has 126 valence electrons. The summed E-state index contributed by atoms with van der Waals surface area (Å²) in [5.41, 5.74) is 0.697. The number of nitrogens with zero attached hydrogens (tertiary/aromatic N) is 1. The molecule has 0 radical (unpaired) electrons. The third-order valence-electron chi connectivity index (χ3n) is 3.46. The molecule has 0 unspecified atom stereocenters. The average molecular weight is 350 g/mol. The number of esters is 1. The van der Waals surface area contributed by atoms with E-state index in [2.05, 4.69) is 5.32 Å². The second-order valence-electron chi connectivity index (χ2n) is 5.17. The van der Waals surface area contributed by atoms with Crippen LogP contribution in [-0.2, 0) is 14.3 Å². The molecule has 24 heavy (non-hydrogen) atoms. The van der Waals surface area contributed by atoms with E-state index in [9.17, 15) is 19.2 Å². The standard InChI is InChI=1S/C15H14N2O6S/c18-11(7-23-14(20)6-17-3-4-24-15(17)21)9-1-2-12-10(5-9)16-13(19)8-22-12/h1-2,5H,3-4,6-8H2,(H,16,19). The number of ketones is 1. The van der Waals surface area contributed by atoms with Crippen LogP contribution in [0, 0.1) is 0 Å². The second-order valence-corrected chi connectivity index (χ2v) is 6.21. The van der Waals surface area contributed by atoms with Crippen LogP contribution >= 0.6 is 11.8 Å². The molecule has 0 aromatic heterocycles. The van der Waals surface area contributed by atoms with Crippen molar-refractivity contribution in [1.29, 1.82) is 0 Å². The zero-order chi connectivity index (χ0) is 17.1. The summed E-state index contributed by atoms with van der Waals surface area (Å²) in [6, 6.07) is 4.58. The highest BCUT2D eigenvalue weighted by Crippen LogP contribution is 2.28. The first-order valence-electron chi connectivity index (χ1n) is 7.20. The van der Waals surface area contributed by atoms with Crippen molar-refractivity contribution < 1.29 is 28.7 Å². The molecular formula is C15H14N2O6S. The van der Waals surface area contributed by atoms with E-state index in [1.54, 1.807) is 6.07 Å². The Morgan fingerprint density at radius 2 is 2.17 bits per heavy atom. The van der Waals surface area contributed by atoms with E-state index in [0.717, 1.165) is 11.8 Å². The van der Waals surface area contributed by atoms with Gasteiger partial charge in [-0.15, -0.1) is 0 Å². The van der Waals surface area contributed by atoms with Crippen LogP contribution in [0.15, 0.2) is 18.2 Å². The molecule has 0 spiro atoms. The zero-order valence-corrected chi connectivity index (χ0v) is 13.4. The topological polar surface area (TPSA) is 102 Å². The molecule has 1 saturated heterocycles. The van der Waals surface area contributed by atoms with Gasteiger partial charge in [-0.3, -0.25) is 19.2 Å². The van der Waals surface area contributed by atoms with Gasteiger partial charge in [-0.2, -0.15) is 0 Å². The van der Waals surface area contributed by atoms with Crippen molar-refractivity contribution in [2.24, 2.45) is 0 Å². The number of amides is 2. The van der Waals surface area contributed by atoms with Gasteiger partial charge in [0.2, 0.25) is 0 Å². The molecule has 1 N–H and O–H groups in total. The zero-order valence-electron chi connectivity index (χ0n) is 12.6. The van der Waals surface area contributed by atoms with Gasteiger partial charge in [-0.25, -0.2) is 0 Å². The first-order valence-corrected chi connectivity index (χ1v) is 8.19. The van der Waals surface area contributed by atoms with Gasteiger partial charge in [0.25, 0.3) is 11.1 Å². The minimum absolute atomic E-state index is 0.0641. The molecular weight excluding hydrogens is 336 g/mol. The highest BCUT2D eigenvalue weighted by Gasteiger charge is 2.24. The third kappa shape index (κ3) is 3.67. The van der Waals surface area contributed by atoms with Gasteiger partial charge in [-0.1, -0.05) is 11.8 Å². The Labute approximate surface area is 141 Å². The molecule has 9 heteroatoms. The molecule has 0 saturated carbocycles. The number of ether oxygens (including phenoxy) is 2. The SMILES string of the molecule is O=C1COc2ccc(C(=O)COC(=O)CN3CCSC3=O)cc2N1. The molecule has 0 atom stereocenters. The number of hydrogen-bond acceptors (Lipinski definition) is 7. The van der Waals surface area contributed by atoms with Crippen LogP contribution in [0.25, 0.3) is 0 Å². The van der Waals surface area contributed by atoms with Crippen molar-refractivity contribution in [3.05, 3.63) is 23.8 Å². The lowest BCUT2D eigenvalue weighted by molar-refractivity contribution is -0.142. The van der Waals surface area contributed by atoms with Crippen LogP contribution in [-0.4, -0.2) is 59.9 Å². The van der Waals surface area contributed by atoms with E-state index in [1.165, 1.54) is 17.0 Å². The van der Waals surface area contributed by atoms with E-state index in [4.69, 9.17) is 9.47 Å². The molecule has 1 fully saturated rings. The Morgan fingerprint density at radius 1 is 1.33 bits per heavy atom. The van der Waals surface area contributed by atoms with Gasteiger partial charge < -0.3 is 19.7 Å². The second kappa shape index (κ2) is 6.91. The number of Topliss-reactive ketones (excluding diaryl/α,β-unsaturated/α-hetero) is 1. The lowest BCUT2D eigenvalue weighted by Gasteiger charge is -2.18. The van der Waals surface area contributed by atoms with E-state index in [-0.39, 0.29) is 24.3 Å². The number of carbonyl (C=O) groups is 4. The molecule has 8 nitrogen and oxygen atoms in total. The summed E-state index contributed by atoms with van der Waals surface area (Å²) < 4.78 is 10.1. The predicted molar refractivity (Wildman–Crippen MR) is 85.3 cm³/mol. The maximum atomic E-state index is 12.1. The molecule has 3 rings (SSSR count). The number of hydrogen-bond donors (Lipinski definition) is 1. The predicted octanol–water partition coefficient (Wildman–Crippen LogP) is 0.912. The van der Waals surface area contributed by atoms with Gasteiger partial charge >= 0.3 is 5.97 Å². The largest absolute Gasteiger partial charge is 0.482 e. The summed E-state index contributed by atoms with van der Waals surface area (Å²) in [6.07, 6.45) is 0. The lowest BCUT2D eigenvalue weighted by atomic mass is 10.1. The van der Waals surface area contributed by atoms with Gasteiger partial charge in [0.15, 0.2) is 19.0 Å². The highest BCUT2D eigenvalue weighted by molar-refractivity contribution is 8.13. The normalized spacial score (nSPS) is 16.2. The van der Waals surface area contributed by atoms with E-state index >= 15 is 0 Å². The van der Waals surface area contributed by atoms with Gasteiger partial charge in [0, 0.05) is 17.9 Å². The summed E-state index contributed by atoms with van der Waals surface area (Å²) >= 11 is 1.15. The summed E-state index contributed by atoms with van der Waals surface area (Å²) in [5, 5.41) is 2.44. The van der Waals surface area contributed by atoms with E-state index < -0.39 is 18.4 Å². The number of rotatable bonds is 5. The van der Waals surface area contributed by atoms with Crippen LogP contribution in [0.4, 0.5) is 10.5 Å². The quantitative estimate of drug-likeness (QED) is 0.622. The van der Waals surface area contributed by atoms with Crippen LogP contribution in [0.2, 0.25) is 0 Å². The smallest absolute Gasteiger partial charge is 0.326 e. The lowest BCUT2D eigenvalue weighted by Crippen LogP contribution is -2.31. The Morgan fingerprint density at radius 3 is 2.92 bits per heavy atom. The number of nitrogens with one attached hydrogen (secondary N) is 1. The van der Waals surface area contributed by atoms with Gasteiger partial charge in [0.05, 0.1) is 5.69 Å². The van der Waals surface area contributed by atoms with E-state index in [0.29, 0.717) is 29.3 Å².